The van der Waals surface area contributed by atoms with Crippen LogP contribution < -0.4 is 5.32 Å². The minimum absolute atomic E-state index is 0.148. The Balaban J connectivity index is 1.94. The van der Waals surface area contributed by atoms with Crippen molar-refractivity contribution in [3.8, 4) is 0 Å². The number of aryl methyl sites for hydroxylation is 1. The second-order valence-electron chi connectivity index (χ2n) is 6.00. The van der Waals surface area contributed by atoms with Crippen LogP contribution >= 0.6 is 0 Å². The van der Waals surface area contributed by atoms with E-state index in [2.05, 4.69) is 24.3 Å². The number of rotatable bonds is 5. The Kier molecular flexibility index (Phi) is 4.58. The van der Waals surface area contributed by atoms with Gasteiger partial charge in [-0.3, -0.25) is 0 Å². The molecule has 0 heterocycles. The minimum atomic E-state index is -0.148. The smallest absolute Gasteiger partial charge is 0.123 e. The van der Waals surface area contributed by atoms with Crippen molar-refractivity contribution in [2.45, 2.75) is 44.7 Å². The first-order valence-electron chi connectivity index (χ1n) is 7.17. The molecule has 1 fully saturated rings. The molecule has 0 radical (unpaired) electrons. The van der Waals surface area contributed by atoms with Crippen molar-refractivity contribution < 1.29 is 4.39 Å². The van der Waals surface area contributed by atoms with E-state index in [0.29, 0.717) is 5.54 Å². The van der Waals surface area contributed by atoms with Crippen LogP contribution in [0, 0.1) is 12.7 Å². The second kappa shape index (κ2) is 6.02. The van der Waals surface area contributed by atoms with Crippen molar-refractivity contribution in [3.63, 3.8) is 0 Å². The average Bonchev–Trinajstić information content (AvgIpc) is 2.84. The quantitative estimate of drug-likeness (QED) is 0.879. The molecule has 2 nitrogen and oxygen atoms in total. The summed E-state index contributed by atoms with van der Waals surface area (Å²) in [6, 6.07) is 5.01. The molecule has 0 aliphatic heterocycles. The van der Waals surface area contributed by atoms with Crippen LogP contribution in [0.4, 0.5) is 4.39 Å². The van der Waals surface area contributed by atoms with Crippen molar-refractivity contribution in [3.05, 3.63) is 35.1 Å². The third-order valence-electron chi connectivity index (χ3n) is 4.56. The molecule has 1 aromatic carbocycles. The standard InChI is InChI=1S/C16H25FN2/c1-13-6-7-15(17)10-14(13)11-18-12-16(19(2)3)8-4-5-9-16/h6-7,10,18H,4-5,8-9,11-12H2,1-3H3. The number of likely N-dealkylation sites (N-methyl/N-ethyl adjacent to an activating group) is 1. The number of hydrogen-bond acceptors (Lipinski definition) is 2. The van der Waals surface area contributed by atoms with Gasteiger partial charge in [0.1, 0.15) is 5.82 Å². The second-order valence-corrected chi connectivity index (χ2v) is 6.00. The fourth-order valence-corrected chi connectivity index (χ4v) is 3.08. The molecule has 0 bridgehead atoms. The fraction of sp³-hybridized carbons (Fsp3) is 0.625. The molecule has 1 aromatic rings. The highest BCUT2D eigenvalue weighted by molar-refractivity contribution is 5.26. The van der Waals surface area contributed by atoms with Crippen molar-refractivity contribution in [1.82, 2.24) is 10.2 Å². The Morgan fingerprint density at radius 1 is 1.26 bits per heavy atom. The van der Waals surface area contributed by atoms with Crippen molar-refractivity contribution in [1.29, 1.82) is 0 Å². The van der Waals surface area contributed by atoms with Gasteiger partial charge in [0.25, 0.3) is 0 Å². The SMILES string of the molecule is Cc1ccc(F)cc1CNCC1(N(C)C)CCCC1. The van der Waals surface area contributed by atoms with Crippen LogP contribution in [0.1, 0.15) is 36.8 Å². The highest BCUT2D eigenvalue weighted by Crippen LogP contribution is 2.33. The molecule has 1 N–H and O–H groups in total. The van der Waals surface area contributed by atoms with Crippen LogP contribution in [0.5, 0.6) is 0 Å². The maximum atomic E-state index is 13.2. The van der Waals surface area contributed by atoms with E-state index < -0.39 is 0 Å². The highest BCUT2D eigenvalue weighted by Gasteiger charge is 2.35. The van der Waals surface area contributed by atoms with E-state index in [9.17, 15) is 4.39 Å². The third-order valence-corrected chi connectivity index (χ3v) is 4.56. The van der Waals surface area contributed by atoms with Crippen LogP contribution in [0.2, 0.25) is 0 Å². The molecule has 19 heavy (non-hydrogen) atoms. The Morgan fingerprint density at radius 2 is 1.95 bits per heavy atom. The van der Waals surface area contributed by atoms with Crippen LogP contribution in [0.25, 0.3) is 0 Å². The van der Waals surface area contributed by atoms with Crippen LogP contribution in [0.3, 0.4) is 0 Å². The van der Waals surface area contributed by atoms with E-state index in [-0.39, 0.29) is 5.82 Å². The van der Waals surface area contributed by atoms with Crippen LogP contribution in [-0.2, 0) is 6.54 Å². The molecule has 3 heteroatoms. The number of halogens is 1. The van der Waals surface area contributed by atoms with Gasteiger partial charge in [-0.15, -0.1) is 0 Å². The van der Waals surface area contributed by atoms with E-state index in [1.54, 1.807) is 6.07 Å². The summed E-state index contributed by atoms with van der Waals surface area (Å²) in [5.41, 5.74) is 2.51. The maximum Gasteiger partial charge on any atom is 0.123 e. The largest absolute Gasteiger partial charge is 0.311 e. The van der Waals surface area contributed by atoms with Gasteiger partial charge in [-0.05, 0) is 57.1 Å². The van der Waals surface area contributed by atoms with E-state index in [1.807, 2.05) is 13.0 Å². The normalized spacial score (nSPS) is 18.2. The Labute approximate surface area is 116 Å². The van der Waals surface area contributed by atoms with Gasteiger partial charge in [0.05, 0.1) is 0 Å². The van der Waals surface area contributed by atoms with Gasteiger partial charge in [-0.25, -0.2) is 4.39 Å². The summed E-state index contributed by atoms with van der Waals surface area (Å²) in [5, 5.41) is 3.53. The van der Waals surface area contributed by atoms with E-state index >= 15 is 0 Å². The average molecular weight is 264 g/mol. The molecule has 1 aliphatic carbocycles. The Bertz CT molecular complexity index is 423. The molecular weight excluding hydrogens is 239 g/mol. The first-order chi connectivity index (χ1) is 9.03. The molecule has 0 saturated heterocycles. The summed E-state index contributed by atoms with van der Waals surface area (Å²) in [6.45, 7) is 3.77. The molecule has 0 amide bonds. The van der Waals surface area contributed by atoms with Gasteiger partial charge in [-0.1, -0.05) is 18.9 Å². The lowest BCUT2D eigenvalue weighted by Gasteiger charge is -2.36. The van der Waals surface area contributed by atoms with Gasteiger partial charge < -0.3 is 10.2 Å². The number of nitrogens with zero attached hydrogens (tertiary/aromatic N) is 1. The molecule has 1 saturated carbocycles. The molecule has 0 spiro atoms. The van der Waals surface area contributed by atoms with Gasteiger partial charge in [-0.2, -0.15) is 0 Å². The lowest BCUT2D eigenvalue weighted by molar-refractivity contribution is 0.153. The molecule has 106 valence electrons. The van der Waals surface area contributed by atoms with Crippen LogP contribution in [-0.4, -0.2) is 31.1 Å². The molecular formula is C16H25FN2. The van der Waals surface area contributed by atoms with E-state index in [4.69, 9.17) is 0 Å². The zero-order valence-electron chi connectivity index (χ0n) is 12.3. The topological polar surface area (TPSA) is 15.3 Å². The van der Waals surface area contributed by atoms with Crippen molar-refractivity contribution >= 4 is 0 Å². The fourth-order valence-electron chi connectivity index (χ4n) is 3.08. The lowest BCUT2D eigenvalue weighted by atomic mass is 9.96. The van der Waals surface area contributed by atoms with Gasteiger partial charge in [0.15, 0.2) is 0 Å². The first-order valence-corrected chi connectivity index (χ1v) is 7.17. The van der Waals surface area contributed by atoms with Gasteiger partial charge in [0.2, 0.25) is 0 Å². The van der Waals surface area contributed by atoms with Crippen molar-refractivity contribution in [2.24, 2.45) is 0 Å². The highest BCUT2D eigenvalue weighted by atomic mass is 19.1. The summed E-state index contributed by atoms with van der Waals surface area (Å²) in [5.74, 6) is -0.148. The molecule has 0 unspecified atom stereocenters. The summed E-state index contributed by atoms with van der Waals surface area (Å²) in [7, 11) is 4.33. The Morgan fingerprint density at radius 3 is 2.58 bits per heavy atom. The monoisotopic (exact) mass is 264 g/mol. The summed E-state index contributed by atoms with van der Waals surface area (Å²) < 4.78 is 13.2. The minimum Gasteiger partial charge on any atom is -0.311 e. The molecule has 0 aromatic heterocycles. The maximum absolute atomic E-state index is 13.2. The summed E-state index contributed by atoms with van der Waals surface area (Å²) in [6.07, 6.45) is 5.15. The predicted molar refractivity (Wildman–Crippen MR) is 77.7 cm³/mol. The zero-order valence-corrected chi connectivity index (χ0v) is 12.3. The van der Waals surface area contributed by atoms with E-state index in [1.165, 1.54) is 31.7 Å². The zero-order chi connectivity index (χ0) is 13.9. The third kappa shape index (κ3) is 3.34. The predicted octanol–water partition coefficient (Wildman–Crippen LogP) is 3.10. The Hall–Kier alpha value is -0.930. The lowest BCUT2D eigenvalue weighted by Crippen LogP contribution is -2.49. The summed E-state index contributed by atoms with van der Waals surface area (Å²) >= 11 is 0. The van der Waals surface area contributed by atoms with Crippen LogP contribution in [0.15, 0.2) is 18.2 Å². The van der Waals surface area contributed by atoms with Gasteiger partial charge in [0, 0.05) is 18.6 Å². The van der Waals surface area contributed by atoms with Crippen molar-refractivity contribution in [2.75, 3.05) is 20.6 Å². The molecule has 2 rings (SSSR count). The van der Waals surface area contributed by atoms with Gasteiger partial charge >= 0.3 is 0 Å². The molecule has 1 aliphatic rings. The number of benzene rings is 1. The first kappa shape index (κ1) is 14.5. The van der Waals surface area contributed by atoms with E-state index in [0.717, 1.165) is 24.2 Å². The molecule has 0 atom stereocenters. The number of hydrogen-bond donors (Lipinski definition) is 1. The number of nitrogens with one attached hydrogen (secondary N) is 1. The summed E-state index contributed by atoms with van der Waals surface area (Å²) in [4.78, 5) is 2.35.